The second kappa shape index (κ2) is 28.9. The van der Waals surface area contributed by atoms with Gasteiger partial charge in [-0.3, -0.25) is 19.2 Å². The van der Waals surface area contributed by atoms with Crippen molar-refractivity contribution >= 4 is 74.7 Å². The molecule has 0 bridgehead atoms. The number of nitrogens with one attached hydrogen (secondary N) is 6. The van der Waals surface area contributed by atoms with Gasteiger partial charge in [0.1, 0.15) is 29.5 Å². The zero-order chi connectivity index (χ0) is 59.7. The van der Waals surface area contributed by atoms with E-state index in [0.29, 0.717) is 105 Å². The summed E-state index contributed by atoms with van der Waals surface area (Å²) in [5.74, 6) is -0.502. The number of amides is 4. The molecule has 0 radical (unpaired) electrons. The molecule has 2 atom stereocenters. The molecular formula is C68H73FN14O5. The fourth-order valence-corrected chi connectivity index (χ4v) is 9.90. The van der Waals surface area contributed by atoms with Gasteiger partial charge in [0.15, 0.2) is 11.6 Å². The van der Waals surface area contributed by atoms with Crippen molar-refractivity contribution in [1.29, 1.82) is 5.26 Å². The summed E-state index contributed by atoms with van der Waals surface area (Å²) in [4.78, 5) is 63.4. The average Bonchev–Trinajstić information content (AvgIpc) is 1.85. The van der Waals surface area contributed by atoms with Crippen LogP contribution < -0.4 is 36.8 Å². The minimum Gasteiger partial charge on any atom is -0.378 e. The van der Waals surface area contributed by atoms with Crippen LogP contribution in [0.4, 0.5) is 44.5 Å². The highest BCUT2D eigenvalue weighted by Gasteiger charge is 2.23. The molecule has 6 N–H and O–H groups in total. The number of morpholine rings is 1. The van der Waals surface area contributed by atoms with Crippen LogP contribution in [0.25, 0.3) is 11.0 Å². The molecule has 1 fully saturated rings. The zero-order valence-electron chi connectivity index (χ0n) is 47.6. The molecule has 0 saturated carbocycles. The van der Waals surface area contributed by atoms with E-state index in [0.717, 1.165) is 33.5 Å². The summed E-state index contributed by atoms with van der Waals surface area (Å²) < 4.78 is 23.1. The molecule has 10 aromatic rings. The Morgan fingerprint density at radius 1 is 0.568 bits per heavy atom. The highest BCUT2D eigenvalue weighted by molar-refractivity contribution is 6.06. The molecule has 1 aliphatic rings. The molecule has 0 unspecified atom stereocenters. The Morgan fingerprint density at radius 3 is 1.57 bits per heavy atom. The molecule has 19 nitrogen and oxygen atoms in total. The quantitative estimate of drug-likeness (QED) is 0.0561. The van der Waals surface area contributed by atoms with Crippen molar-refractivity contribution in [2.75, 3.05) is 52.5 Å². The van der Waals surface area contributed by atoms with Crippen LogP contribution in [0.1, 0.15) is 129 Å². The number of nitriles is 1. The van der Waals surface area contributed by atoms with Gasteiger partial charge in [0, 0.05) is 65.0 Å². The lowest BCUT2D eigenvalue weighted by Crippen LogP contribution is -2.36. The first-order valence-corrected chi connectivity index (χ1v) is 27.5. The van der Waals surface area contributed by atoms with E-state index in [-0.39, 0.29) is 58.0 Å². The number of carbonyl (C=O) groups is 4. The van der Waals surface area contributed by atoms with Crippen molar-refractivity contribution in [3.63, 3.8) is 0 Å². The molecule has 5 heterocycles. The molecule has 1 aliphatic heterocycles. The molecule has 1 saturated heterocycles. The summed E-state index contributed by atoms with van der Waals surface area (Å²) in [5.41, 5.74) is 11.9. The smallest absolute Gasteiger partial charge is 0.255 e. The number of aromatic nitrogens is 6. The Bertz CT molecular complexity index is 4160. The molecule has 0 aliphatic carbocycles. The lowest BCUT2D eigenvalue weighted by molar-refractivity contribution is 0.0931. The highest BCUT2D eigenvalue weighted by atomic mass is 19.1. The summed E-state index contributed by atoms with van der Waals surface area (Å²) in [6.07, 6.45) is 6.22. The predicted octanol–water partition coefficient (Wildman–Crippen LogP) is 13.4. The van der Waals surface area contributed by atoms with Crippen LogP contribution in [-0.4, -0.2) is 79.1 Å². The van der Waals surface area contributed by atoms with Crippen molar-refractivity contribution < 1.29 is 28.3 Å². The number of benzene rings is 6. The van der Waals surface area contributed by atoms with Crippen LogP contribution in [0.15, 0.2) is 165 Å². The van der Waals surface area contributed by atoms with E-state index >= 15 is 0 Å². The second-order valence-corrected chi connectivity index (χ2v) is 20.6. The number of hydrogen-bond donors (Lipinski definition) is 6. The SMILES string of the molecule is C.C.C.Cc1ccc(C(=O)Nc2cc(F)cc(N3CCOCC3)c2)cc1Nc1ncnn2cc(C(=O)N[C@@H](C)c3ccccc3)c(C)c12.Cc1ccc(NC(=O)c2ccc(C#N)cc2)cc1Nc1ncnn2cc(C(=O)N[C@@H](C)c3ccccc3)c(C)c12. The van der Waals surface area contributed by atoms with Crippen LogP contribution in [-0.2, 0) is 4.74 Å². The Morgan fingerprint density at radius 2 is 1.05 bits per heavy atom. The Labute approximate surface area is 512 Å². The standard InChI is InChI=1S/C34H34FN7O3.C31H27N7O2.3CH4/c1-21-9-10-25(33(43)39-27-16-26(35)17-28(18-27)41-11-13-45-14-12-41)15-30(21)40-32-31-22(2)29(19-42(31)37-20-36-32)34(44)38-23(3)24-7-5-4-6-8-24;1-19-9-14-25(36-30(39)24-12-10-22(16-32)11-13-24)15-27(19)37-29-28-20(2)26(17-38(28)34-18-33-29)31(40)35-21(3)23-7-5-4-6-8-23;;;/h4-10,15-20,23H,11-14H2,1-3H3,(H,38,44)(H,39,43)(H,36,37,40);4-15,17-18,21H,1-3H3,(H,35,40)(H,36,39)(H,33,34,37);3*1H4/t23-;21-;;;/m00.../s1. The van der Waals surface area contributed by atoms with Crippen LogP contribution in [0, 0.1) is 44.8 Å². The van der Waals surface area contributed by atoms with E-state index in [1.807, 2.05) is 137 Å². The van der Waals surface area contributed by atoms with E-state index in [4.69, 9.17) is 10.00 Å². The molecule has 20 heteroatoms. The van der Waals surface area contributed by atoms with Crippen molar-refractivity contribution in [2.24, 2.45) is 0 Å². The number of rotatable bonds is 15. The van der Waals surface area contributed by atoms with Crippen LogP contribution in [0.5, 0.6) is 0 Å². The molecule has 6 aromatic carbocycles. The Hall–Kier alpha value is -10.8. The van der Waals surface area contributed by atoms with Gasteiger partial charge in [0.25, 0.3) is 23.6 Å². The molecule has 0 spiro atoms. The average molecular weight is 1190 g/mol. The van der Waals surface area contributed by atoms with Crippen molar-refractivity contribution in [3.8, 4) is 6.07 Å². The van der Waals surface area contributed by atoms with Crippen molar-refractivity contribution in [2.45, 2.75) is 75.9 Å². The highest BCUT2D eigenvalue weighted by Crippen LogP contribution is 2.32. The molecule has 452 valence electrons. The van der Waals surface area contributed by atoms with Gasteiger partial charge in [-0.2, -0.15) is 15.5 Å². The molecule has 4 amide bonds. The maximum atomic E-state index is 14.5. The molecular weight excluding hydrogens is 1110 g/mol. The third-order valence-corrected chi connectivity index (χ3v) is 14.7. The summed E-state index contributed by atoms with van der Waals surface area (Å²) in [6, 6.07) is 43.0. The fraction of sp³-hybridized carbons (Fsp3) is 0.221. The summed E-state index contributed by atoms with van der Waals surface area (Å²) in [6.45, 7) is 13.9. The minimum absolute atomic E-state index is 0. The van der Waals surface area contributed by atoms with Gasteiger partial charge in [-0.1, -0.05) is 95.1 Å². The number of halogens is 1. The van der Waals surface area contributed by atoms with E-state index in [2.05, 4.69) is 52.1 Å². The van der Waals surface area contributed by atoms with Gasteiger partial charge in [-0.15, -0.1) is 0 Å². The molecule has 88 heavy (non-hydrogen) atoms. The van der Waals surface area contributed by atoms with Gasteiger partial charge in [0.05, 0.1) is 48.1 Å². The topological polar surface area (TPSA) is 237 Å². The van der Waals surface area contributed by atoms with E-state index < -0.39 is 5.82 Å². The van der Waals surface area contributed by atoms with E-state index in [9.17, 15) is 23.6 Å². The Kier molecular flexibility index (Phi) is 21.3. The van der Waals surface area contributed by atoms with E-state index in [1.54, 1.807) is 63.9 Å². The number of nitrogens with zero attached hydrogens (tertiary/aromatic N) is 8. The first kappa shape index (κ1) is 64.8. The lowest BCUT2D eigenvalue weighted by atomic mass is 10.1. The van der Waals surface area contributed by atoms with Crippen molar-refractivity contribution in [1.82, 2.24) is 39.8 Å². The minimum atomic E-state index is -0.432. The Balaban J connectivity index is 0.000000244. The van der Waals surface area contributed by atoms with Crippen LogP contribution in [0.2, 0.25) is 0 Å². The number of ether oxygens (including phenoxy) is 1. The largest absolute Gasteiger partial charge is 0.378 e. The molecule has 4 aromatic heterocycles. The normalized spacial score (nSPS) is 12.3. The number of fused-ring (bicyclic) bond motifs is 2. The fourth-order valence-electron chi connectivity index (χ4n) is 9.90. The monoisotopic (exact) mass is 1180 g/mol. The summed E-state index contributed by atoms with van der Waals surface area (Å²) in [5, 5.41) is 36.2. The van der Waals surface area contributed by atoms with Crippen molar-refractivity contribution in [3.05, 3.63) is 232 Å². The van der Waals surface area contributed by atoms with Gasteiger partial charge in [0.2, 0.25) is 0 Å². The first-order valence-electron chi connectivity index (χ1n) is 27.5. The van der Waals surface area contributed by atoms with Gasteiger partial charge >= 0.3 is 0 Å². The first-order chi connectivity index (χ1) is 41.1. The third-order valence-electron chi connectivity index (χ3n) is 14.7. The van der Waals surface area contributed by atoms with Gasteiger partial charge < -0.3 is 41.5 Å². The van der Waals surface area contributed by atoms with Crippen LogP contribution in [0.3, 0.4) is 0 Å². The molecule has 11 rings (SSSR count). The van der Waals surface area contributed by atoms with Crippen LogP contribution >= 0.6 is 0 Å². The number of hydrogen-bond acceptors (Lipinski definition) is 13. The summed E-state index contributed by atoms with van der Waals surface area (Å²) >= 11 is 0. The predicted molar refractivity (Wildman–Crippen MR) is 346 cm³/mol. The summed E-state index contributed by atoms with van der Waals surface area (Å²) in [7, 11) is 0. The number of carbonyl (C=O) groups excluding carboxylic acids is 4. The third kappa shape index (κ3) is 14.8. The van der Waals surface area contributed by atoms with Gasteiger partial charge in [-0.25, -0.2) is 23.4 Å². The zero-order valence-corrected chi connectivity index (χ0v) is 47.6. The number of aryl methyl sites for hydroxylation is 4. The lowest BCUT2D eigenvalue weighted by Gasteiger charge is -2.29. The maximum absolute atomic E-state index is 14.5. The van der Waals surface area contributed by atoms with E-state index in [1.165, 1.54) is 24.8 Å². The van der Waals surface area contributed by atoms with Gasteiger partial charge in [-0.05, 0) is 142 Å². The maximum Gasteiger partial charge on any atom is 0.255 e. The second-order valence-electron chi connectivity index (χ2n) is 20.6. The number of anilines is 7.